The molecule has 78 valence electrons. The number of thiocarbonyl (C=S) groups is 1. The number of carbonyl (C=O) groups excluding carboxylic acids is 1. The van der Waals surface area contributed by atoms with Crippen molar-refractivity contribution in [1.82, 2.24) is 4.90 Å². The van der Waals surface area contributed by atoms with Gasteiger partial charge < -0.3 is 9.64 Å². The Labute approximate surface area is 89.7 Å². The Bertz CT molecular complexity index is 263. The van der Waals surface area contributed by atoms with Crippen molar-refractivity contribution in [3.8, 4) is 0 Å². The number of carbonyl (C=O) groups is 1. The summed E-state index contributed by atoms with van der Waals surface area (Å²) < 4.78 is 4.84. The van der Waals surface area contributed by atoms with E-state index in [-0.39, 0.29) is 5.97 Å². The molecule has 0 saturated carbocycles. The van der Waals surface area contributed by atoms with Crippen molar-refractivity contribution in [1.29, 1.82) is 0 Å². The summed E-state index contributed by atoms with van der Waals surface area (Å²) in [5, 5.41) is 0. The van der Waals surface area contributed by atoms with Crippen LogP contribution in [0.5, 0.6) is 0 Å². The first-order chi connectivity index (χ1) is 6.65. The van der Waals surface area contributed by atoms with Crippen molar-refractivity contribution in [2.75, 3.05) is 19.7 Å². The normalized spacial score (nSPS) is 15.8. The highest BCUT2D eigenvalue weighted by Gasteiger charge is 2.19. The van der Waals surface area contributed by atoms with Gasteiger partial charge in [0.15, 0.2) is 0 Å². The van der Waals surface area contributed by atoms with Gasteiger partial charge in [-0.05, 0) is 19.8 Å². The van der Waals surface area contributed by atoms with Crippen LogP contribution in [0.15, 0.2) is 12.2 Å². The average Bonchev–Trinajstić information content (AvgIpc) is 2.52. The molecule has 0 aliphatic carbocycles. The molecule has 0 amide bonds. The lowest BCUT2D eigenvalue weighted by Gasteiger charge is -2.18. The van der Waals surface area contributed by atoms with Crippen molar-refractivity contribution >= 4 is 23.2 Å². The lowest BCUT2D eigenvalue weighted by Crippen LogP contribution is -2.28. The van der Waals surface area contributed by atoms with E-state index in [1.807, 2.05) is 4.90 Å². The predicted octanol–water partition coefficient (Wildman–Crippen LogP) is 1.53. The maximum Gasteiger partial charge on any atom is 0.335 e. The molecule has 0 bridgehead atoms. The molecule has 0 aromatic rings. The molecular weight excluding hydrogens is 198 g/mol. The summed E-state index contributed by atoms with van der Waals surface area (Å²) in [6.45, 7) is 7.31. The van der Waals surface area contributed by atoms with Crippen molar-refractivity contribution < 1.29 is 9.53 Å². The van der Waals surface area contributed by atoms with Gasteiger partial charge in [-0.15, -0.1) is 0 Å². The van der Waals surface area contributed by atoms with Crippen molar-refractivity contribution in [2.45, 2.75) is 19.8 Å². The van der Waals surface area contributed by atoms with E-state index >= 15 is 0 Å². The van der Waals surface area contributed by atoms with Gasteiger partial charge in [-0.3, -0.25) is 0 Å². The van der Waals surface area contributed by atoms with E-state index in [4.69, 9.17) is 17.0 Å². The molecule has 0 radical (unpaired) electrons. The number of nitrogens with zero attached hydrogens (tertiary/aromatic N) is 1. The van der Waals surface area contributed by atoms with Crippen LogP contribution in [0.2, 0.25) is 0 Å². The minimum Gasteiger partial charge on any atom is -0.463 e. The first kappa shape index (κ1) is 11.2. The number of likely N-dealkylation sites (tertiary alicyclic amines) is 1. The zero-order valence-corrected chi connectivity index (χ0v) is 9.23. The van der Waals surface area contributed by atoms with Gasteiger partial charge in [0.2, 0.25) is 0 Å². The SMILES string of the molecule is C=C(CN1CCCC1=S)C(=O)OCC. The van der Waals surface area contributed by atoms with Gasteiger partial charge in [-0.25, -0.2) is 4.79 Å². The third kappa shape index (κ3) is 2.80. The molecule has 0 aromatic heterocycles. The molecule has 1 rings (SSSR count). The molecule has 1 heterocycles. The van der Waals surface area contributed by atoms with E-state index in [1.54, 1.807) is 6.92 Å². The van der Waals surface area contributed by atoms with Crippen LogP contribution in [0, 0.1) is 0 Å². The smallest absolute Gasteiger partial charge is 0.335 e. The first-order valence-electron chi connectivity index (χ1n) is 4.77. The fourth-order valence-corrected chi connectivity index (χ4v) is 1.70. The van der Waals surface area contributed by atoms with Gasteiger partial charge in [0.05, 0.1) is 11.6 Å². The molecule has 3 nitrogen and oxygen atoms in total. The number of hydrogen-bond donors (Lipinski definition) is 0. The second-order valence-corrected chi connectivity index (χ2v) is 3.71. The topological polar surface area (TPSA) is 29.5 Å². The third-order valence-electron chi connectivity index (χ3n) is 2.12. The lowest BCUT2D eigenvalue weighted by molar-refractivity contribution is -0.138. The number of esters is 1. The van der Waals surface area contributed by atoms with Gasteiger partial charge in [-0.2, -0.15) is 0 Å². The minimum absolute atomic E-state index is 0.317. The van der Waals surface area contributed by atoms with E-state index in [0.717, 1.165) is 24.4 Å². The number of hydrogen-bond acceptors (Lipinski definition) is 3. The van der Waals surface area contributed by atoms with Gasteiger partial charge in [-0.1, -0.05) is 18.8 Å². The Morgan fingerprint density at radius 3 is 2.93 bits per heavy atom. The molecule has 1 saturated heterocycles. The van der Waals surface area contributed by atoms with Crippen LogP contribution in [-0.4, -0.2) is 35.6 Å². The quantitative estimate of drug-likeness (QED) is 0.402. The summed E-state index contributed by atoms with van der Waals surface area (Å²) in [7, 11) is 0. The van der Waals surface area contributed by atoms with Crippen LogP contribution >= 0.6 is 12.2 Å². The van der Waals surface area contributed by atoms with E-state index < -0.39 is 0 Å². The van der Waals surface area contributed by atoms with Crippen molar-refractivity contribution in [2.24, 2.45) is 0 Å². The van der Waals surface area contributed by atoms with Gasteiger partial charge >= 0.3 is 5.97 Å². The van der Waals surface area contributed by atoms with Crippen LogP contribution in [0.3, 0.4) is 0 Å². The second kappa shape index (κ2) is 5.10. The molecule has 4 heteroatoms. The minimum atomic E-state index is -0.317. The largest absolute Gasteiger partial charge is 0.463 e. The Kier molecular flexibility index (Phi) is 4.07. The fraction of sp³-hybridized carbons (Fsp3) is 0.600. The lowest BCUT2D eigenvalue weighted by atomic mass is 10.3. The van der Waals surface area contributed by atoms with E-state index in [1.165, 1.54) is 0 Å². The molecule has 1 fully saturated rings. The summed E-state index contributed by atoms with van der Waals surface area (Å²) in [5.41, 5.74) is 0.483. The first-order valence-corrected chi connectivity index (χ1v) is 5.18. The molecule has 0 aromatic carbocycles. The molecule has 0 N–H and O–H groups in total. The Morgan fingerprint density at radius 1 is 1.71 bits per heavy atom. The molecule has 0 atom stereocenters. The summed E-state index contributed by atoms with van der Waals surface area (Å²) >= 11 is 5.14. The van der Waals surface area contributed by atoms with Crippen LogP contribution in [0.4, 0.5) is 0 Å². The molecule has 1 aliphatic heterocycles. The van der Waals surface area contributed by atoms with Gasteiger partial charge in [0.25, 0.3) is 0 Å². The summed E-state index contributed by atoms with van der Waals surface area (Å²) in [4.78, 5) is 14.2. The monoisotopic (exact) mass is 213 g/mol. The van der Waals surface area contributed by atoms with E-state index in [9.17, 15) is 4.79 Å². The summed E-state index contributed by atoms with van der Waals surface area (Å²) in [5.74, 6) is -0.317. The highest BCUT2D eigenvalue weighted by atomic mass is 32.1. The maximum atomic E-state index is 11.2. The van der Waals surface area contributed by atoms with Crippen LogP contribution < -0.4 is 0 Å². The zero-order valence-electron chi connectivity index (χ0n) is 8.41. The molecule has 0 spiro atoms. The second-order valence-electron chi connectivity index (χ2n) is 3.24. The Morgan fingerprint density at radius 2 is 2.43 bits per heavy atom. The number of rotatable bonds is 4. The van der Waals surface area contributed by atoms with Gasteiger partial charge in [0.1, 0.15) is 0 Å². The fourth-order valence-electron chi connectivity index (χ4n) is 1.40. The van der Waals surface area contributed by atoms with Crippen LogP contribution in [0.1, 0.15) is 19.8 Å². The molecule has 0 unspecified atom stereocenters. The van der Waals surface area contributed by atoms with Crippen molar-refractivity contribution in [3.63, 3.8) is 0 Å². The summed E-state index contributed by atoms with van der Waals surface area (Å²) in [6, 6.07) is 0. The average molecular weight is 213 g/mol. The summed E-state index contributed by atoms with van der Waals surface area (Å²) in [6.07, 6.45) is 2.03. The van der Waals surface area contributed by atoms with E-state index in [2.05, 4.69) is 6.58 Å². The predicted molar refractivity (Wildman–Crippen MR) is 59.2 cm³/mol. The zero-order chi connectivity index (χ0) is 10.6. The molecule has 1 aliphatic rings. The third-order valence-corrected chi connectivity index (χ3v) is 2.58. The van der Waals surface area contributed by atoms with E-state index in [0.29, 0.717) is 18.7 Å². The highest BCUT2D eigenvalue weighted by molar-refractivity contribution is 7.80. The van der Waals surface area contributed by atoms with Crippen LogP contribution in [0.25, 0.3) is 0 Å². The van der Waals surface area contributed by atoms with Gasteiger partial charge in [0, 0.05) is 18.7 Å². The standard InChI is InChI=1S/C10H15NO2S/c1-3-13-10(12)8(2)7-11-6-4-5-9(11)14/h2-7H2,1H3. The Balaban J connectivity index is 2.40. The van der Waals surface area contributed by atoms with Crippen LogP contribution in [-0.2, 0) is 9.53 Å². The molecular formula is C10H15NO2S. The number of ether oxygens (including phenoxy) is 1. The molecule has 14 heavy (non-hydrogen) atoms. The Hall–Kier alpha value is -0.900. The maximum absolute atomic E-state index is 11.2. The highest BCUT2D eigenvalue weighted by Crippen LogP contribution is 2.13. The van der Waals surface area contributed by atoms with Crippen molar-refractivity contribution in [3.05, 3.63) is 12.2 Å².